The van der Waals surface area contributed by atoms with Gasteiger partial charge in [-0.3, -0.25) is 10.2 Å². The number of ether oxygens (including phenoxy) is 1. The van der Waals surface area contributed by atoms with Gasteiger partial charge < -0.3 is 9.64 Å². The van der Waals surface area contributed by atoms with Crippen molar-refractivity contribution in [2.45, 2.75) is 39.2 Å². The van der Waals surface area contributed by atoms with Crippen LogP contribution in [0.5, 0.6) is 0 Å². The third-order valence-corrected chi connectivity index (χ3v) is 2.77. The predicted molar refractivity (Wildman–Crippen MR) is 67.7 cm³/mol. The Morgan fingerprint density at radius 3 is 2.22 bits per heavy atom. The van der Waals surface area contributed by atoms with Crippen LogP contribution in [0.3, 0.4) is 0 Å². The maximum atomic E-state index is 11.8. The molecule has 1 rings (SSSR count). The maximum absolute atomic E-state index is 11.8. The van der Waals surface area contributed by atoms with E-state index in [2.05, 4.69) is 10.9 Å². The molecule has 104 valence electrons. The average molecular weight is 257 g/mol. The van der Waals surface area contributed by atoms with Crippen molar-refractivity contribution in [1.29, 1.82) is 0 Å². The summed E-state index contributed by atoms with van der Waals surface area (Å²) in [7, 11) is 1.66. The zero-order chi connectivity index (χ0) is 13.8. The van der Waals surface area contributed by atoms with Crippen LogP contribution in [0.15, 0.2) is 0 Å². The normalized spacial score (nSPS) is 17.4. The highest BCUT2D eigenvalue weighted by Crippen LogP contribution is 2.19. The number of hydrazine groups is 1. The first-order chi connectivity index (χ1) is 8.33. The fourth-order valence-electron chi connectivity index (χ4n) is 1.88. The molecule has 0 aliphatic carbocycles. The van der Waals surface area contributed by atoms with Gasteiger partial charge >= 0.3 is 6.09 Å². The topological polar surface area (TPSA) is 70.7 Å². The van der Waals surface area contributed by atoms with E-state index in [4.69, 9.17) is 4.74 Å². The largest absolute Gasteiger partial charge is 0.444 e. The Bertz CT molecular complexity index is 304. The summed E-state index contributed by atoms with van der Waals surface area (Å²) in [5, 5.41) is 0. The first-order valence-corrected chi connectivity index (χ1v) is 6.28. The number of carbonyl (C=O) groups excluding carboxylic acids is 2. The monoisotopic (exact) mass is 257 g/mol. The van der Waals surface area contributed by atoms with E-state index in [1.54, 1.807) is 11.9 Å². The molecule has 0 saturated carbocycles. The molecule has 0 unspecified atom stereocenters. The van der Waals surface area contributed by atoms with Crippen LogP contribution in [0.1, 0.15) is 33.6 Å². The zero-order valence-corrected chi connectivity index (χ0v) is 11.6. The molecule has 0 radical (unpaired) electrons. The minimum Gasteiger partial charge on any atom is -0.444 e. The molecule has 0 aromatic rings. The fraction of sp³-hybridized carbons (Fsp3) is 0.833. The quantitative estimate of drug-likeness (QED) is 0.721. The fourth-order valence-corrected chi connectivity index (χ4v) is 1.88. The SMILES string of the molecule is CNNC(=O)C1CCN(C(=O)OC(C)(C)C)CC1. The summed E-state index contributed by atoms with van der Waals surface area (Å²) >= 11 is 0. The van der Waals surface area contributed by atoms with Crippen molar-refractivity contribution in [1.82, 2.24) is 15.8 Å². The minimum atomic E-state index is -0.475. The number of carbonyl (C=O) groups is 2. The van der Waals surface area contributed by atoms with Crippen LogP contribution >= 0.6 is 0 Å². The van der Waals surface area contributed by atoms with Gasteiger partial charge in [-0.1, -0.05) is 0 Å². The highest BCUT2D eigenvalue weighted by Gasteiger charge is 2.29. The Kier molecular flexibility index (Phi) is 4.95. The van der Waals surface area contributed by atoms with Crippen LogP contribution in [0.25, 0.3) is 0 Å². The van der Waals surface area contributed by atoms with Gasteiger partial charge in [-0.25, -0.2) is 10.2 Å². The smallest absolute Gasteiger partial charge is 0.410 e. The van der Waals surface area contributed by atoms with Gasteiger partial charge in [0.05, 0.1) is 0 Å². The molecule has 0 aromatic heterocycles. The van der Waals surface area contributed by atoms with Gasteiger partial charge in [-0.15, -0.1) is 0 Å². The van der Waals surface area contributed by atoms with Gasteiger partial charge in [0.1, 0.15) is 5.60 Å². The number of piperidine rings is 1. The number of nitrogens with one attached hydrogen (secondary N) is 2. The number of rotatable bonds is 2. The lowest BCUT2D eigenvalue weighted by Crippen LogP contribution is -2.46. The van der Waals surface area contributed by atoms with E-state index >= 15 is 0 Å². The van der Waals surface area contributed by atoms with Crippen LogP contribution in [0.2, 0.25) is 0 Å². The van der Waals surface area contributed by atoms with Crippen molar-refractivity contribution in [3.8, 4) is 0 Å². The van der Waals surface area contributed by atoms with Crippen molar-refractivity contribution in [2.24, 2.45) is 5.92 Å². The van der Waals surface area contributed by atoms with Gasteiger partial charge in [0, 0.05) is 26.1 Å². The van der Waals surface area contributed by atoms with Gasteiger partial charge in [0.15, 0.2) is 0 Å². The second-order valence-electron chi connectivity index (χ2n) is 5.48. The van der Waals surface area contributed by atoms with E-state index in [1.165, 1.54) is 0 Å². The Morgan fingerprint density at radius 1 is 1.22 bits per heavy atom. The van der Waals surface area contributed by atoms with E-state index in [0.717, 1.165) is 0 Å². The molecule has 0 bridgehead atoms. The molecule has 2 N–H and O–H groups in total. The molecule has 2 amide bonds. The Morgan fingerprint density at radius 2 is 1.78 bits per heavy atom. The van der Waals surface area contributed by atoms with E-state index < -0.39 is 5.60 Å². The lowest BCUT2D eigenvalue weighted by Gasteiger charge is -2.32. The standard InChI is InChI=1S/C12H23N3O3/c1-12(2,3)18-11(17)15-7-5-9(6-8-15)10(16)14-13-4/h9,13H,5-8H2,1-4H3,(H,14,16). The molecule has 6 heteroatoms. The predicted octanol–water partition coefficient (Wildman–Crippen LogP) is 0.884. The van der Waals surface area contributed by atoms with Crippen LogP contribution in [0, 0.1) is 5.92 Å². The minimum absolute atomic E-state index is 0.0126. The molecular weight excluding hydrogens is 234 g/mol. The summed E-state index contributed by atoms with van der Waals surface area (Å²) in [5.74, 6) is -0.0440. The highest BCUT2D eigenvalue weighted by molar-refractivity contribution is 5.78. The Hall–Kier alpha value is -1.30. The summed E-state index contributed by atoms with van der Waals surface area (Å²) < 4.78 is 5.29. The molecule has 0 atom stereocenters. The van der Waals surface area contributed by atoms with Crippen molar-refractivity contribution < 1.29 is 14.3 Å². The highest BCUT2D eigenvalue weighted by atomic mass is 16.6. The average Bonchev–Trinajstić information content (AvgIpc) is 2.27. The molecule has 0 spiro atoms. The lowest BCUT2D eigenvalue weighted by molar-refractivity contribution is -0.127. The van der Waals surface area contributed by atoms with Crippen molar-refractivity contribution in [3.05, 3.63) is 0 Å². The summed E-state index contributed by atoms with van der Waals surface area (Å²) in [4.78, 5) is 25.1. The molecular formula is C12H23N3O3. The maximum Gasteiger partial charge on any atom is 0.410 e. The van der Waals surface area contributed by atoms with Crippen LogP contribution < -0.4 is 10.9 Å². The van der Waals surface area contributed by atoms with E-state index in [-0.39, 0.29) is 17.9 Å². The summed E-state index contributed by atoms with van der Waals surface area (Å²) in [6, 6.07) is 0. The van der Waals surface area contributed by atoms with Gasteiger partial charge in [-0.2, -0.15) is 0 Å². The molecule has 6 nitrogen and oxygen atoms in total. The van der Waals surface area contributed by atoms with E-state index in [1.807, 2.05) is 20.8 Å². The van der Waals surface area contributed by atoms with Gasteiger partial charge in [-0.05, 0) is 33.6 Å². The van der Waals surface area contributed by atoms with Gasteiger partial charge in [0.2, 0.25) is 5.91 Å². The molecule has 0 aromatic carbocycles. The van der Waals surface area contributed by atoms with Crippen molar-refractivity contribution in [2.75, 3.05) is 20.1 Å². The zero-order valence-electron chi connectivity index (χ0n) is 11.6. The first kappa shape index (κ1) is 14.8. The number of likely N-dealkylation sites (tertiary alicyclic amines) is 1. The molecule has 1 heterocycles. The third-order valence-electron chi connectivity index (χ3n) is 2.77. The molecule has 1 aliphatic rings. The second kappa shape index (κ2) is 6.04. The van der Waals surface area contributed by atoms with E-state index in [0.29, 0.717) is 25.9 Å². The second-order valence-corrected chi connectivity index (χ2v) is 5.48. The number of hydrogen-bond donors (Lipinski definition) is 2. The first-order valence-electron chi connectivity index (χ1n) is 6.28. The number of amides is 2. The number of nitrogens with zero attached hydrogens (tertiary/aromatic N) is 1. The third kappa shape index (κ3) is 4.52. The van der Waals surface area contributed by atoms with Crippen molar-refractivity contribution in [3.63, 3.8) is 0 Å². The summed E-state index contributed by atoms with van der Waals surface area (Å²) in [5.41, 5.74) is 4.72. The summed E-state index contributed by atoms with van der Waals surface area (Å²) in [6.07, 6.45) is 1.05. The molecule has 1 fully saturated rings. The van der Waals surface area contributed by atoms with Crippen LogP contribution in [0.4, 0.5) is 4.79 Å². The van der Waals surface area contributed by atoms with Crippen molar-refractivity contribution >= 4 is 12.0 Å². The van der Waals surface area contributed by atoms with Gasteiger partial charge in [0.25, 0.3) is 0 Å². The van der Waals surface area contributed by atoms with Crippen LogP contribution in [-0.4, -0.2) is 42.6 Å². The Balaban J connectivity index is 2.39. The molecule has 1 saturated heterocycles. The molecule has 1 aliphatic heterocycles. The molecule has 18 heavy (non-hydrogen) atoms. The Labute approximate surface area is 108 Å². The summed E-state index contributed by atoms with van der Waals surface area (Å²) in [6.45, 7) is 6.67. The van der Waals surface area contributed by atoms with E-state index in [9.17, 15) is 9.59 Å². The van der Waals surface area contributed by atoms with Crippen LogP contribution in [-0.2, 0) is 9.53 Å². The lowest BCUT2D eigenvalue weighted by atomic mass is 9.96. The number of hydrogen-bond acceptors (Lipinski definition) is 4.